The molecule has 126 valence electrons. The molecule has 0 fully saturated rings. The van der Waals surface area contributed by atoms with Crippen LogP contribution in [0.15, 0.2) is 36.4 Å². The number of nitro benzene ring substituents is 1. The van der Waals surface area contributed by atoms with E-state index in [1.807, 2.05) is 19.1 Å². The fourth-order valence-electron chi connectivity index (χ4n) is 3.36. The van der Waals surface area contributed by atoms with Gasteiger partial charge in [0.1, 0.15) is 11.1 Å². The molecule has 1 N–H and O–H groups in total. The van der Waals surface area contributed by atoms with Gasteiger partial charge in [0, 0.05) is 12.6 Å². The molecule has 0 aliphatic heterocycles. The van der Waals surface area contributed by atoms with E-state index in [0.717, 1.165) is 23.0 Å². The number of nitrogens with one attached hydrogen (secondary N) is 1. The van der Waals surface area contributed by atoms with Gasteiger partial charge in [-0.3, -0.25) is 15.2 Å². The lowest BCUT2D eigenvalue weighted by molar-refractivity contribution is -0.383. The average Bonchev–Trinajstić information content (AvgIpc) is 3.21. The monoisotopic (exact) mass is 335 g/mol. The van der Waals surface area contributed by atoms with Crippen molar-refractivity contribution in [2.45, 2.75) is 26.8 Å². The molecule has 7 heteroatoms. The molecule has 4 aromatic rings. The Labute approximate surface area is 143 Å². The molecule has 7 nitrogen and oxygen atoms in total. The zero-order valence-corrected chi connectivity index (χ0v) is 14.0. The first kappa shape index (κ1) is 15.3. The Hall–Kier alpha value is -3.22. The van der Waals surface area contributed by atoms with Gasteiger partial charge in [0.15, 0.2) is 5.82 Å². The van der Waals surface area contributed by atoms with Crippen molar-refractivity contribution in [2.75, 3.05) is 0 Å². The van der Waals surface area contributed by atoms with Gasteiger partial charge in [0.2, 0.25) is 0 Å². The lowest BCUT2D eigenvalue weighted by Crippen LogP contribution is -1.98. The summed E-state index contributed by atoms with van der Waals surface area (Å²) in [6, 6.07) is 11.0. The Balaban J connectivity index is 2.09. The number of aryl methyl sites for hydroxylation is 2. The normalized spacial score (nSPS) is 11.4. The van der Waals surface area contributed by atoms with Gasteiger partial charge >= 0.3 is 0 Å². The van der Waals surface area contributed by atoms with Gasteiger partial charge in [0.25, 0.3) is 5.69 Å². The van der Waals surface area contributed by atoms with Crippen molar-refractivity contribution >= 4 is 27.6 Å². The summed E-state index contributed by atoms with van der Waals surface area (Å²) < 4.78 is 2.06. The second kappa shape index (κ2) is 5.70. The van der Waals surface area contributed by atoms with Gasteiger partial charge in [-0.2, -0.15) is 5.10 Å². The van der Waals surface area contributed by atoms with Crippen molar-refractivity contribution < 1.29 is 4.92 Å². The Morgan fingerprint density at radius 3 is 2.72 bits per heavy atom. The van der Waals surface area contributed by atoms with Crippen molar-refractivity contribution in [3.8, 4) is 11.5 Å². The van der Waals surface area contributed by atoms with Gasteiger partial charge in [-0.25, -0.2) is 4.98 Å². The van der Waals surface area contributed by atoms with Gasteiger partial charge < -0.3 is 4.57 Å². The lowest BCUT2D eigenvalue weighted by Gasteiger charge is -2.04. The largest absolute Gasteiger partial charge is 0.323 e. The summed E-state index contributed by atoms with van der Waals surface area (Å²) in [5, 5.41) is 19.2. The van der Waals surface area contributed by atoms with Crippen LogP contribution in [0.4, 0.5) is 5.69 Å². The predicted molar refractivity (Wildman–Crippen MR) is 96.5 cm³/mol. The SMILES string of the molecule is CCc1cccc2c1nc(-c1n[nH]c3cccc([N+](=O)[O-])c13)n2CC. The minimum Gasteiger partial charge on any atom is -0.323 e. The van der Waals surface area contributed by atoms with E-state index in [-0.39, 0.29) is 10.6 Å². The van der Waals surface area contributed by atoms with E-state index in [0.29, 0.717) is 29.0 Å². The molecule has 2 aromatic heterocycles. The first-order valence-corrected chi connectivity index (χ1v) is 8.25. The fraction of sp³-hybridized carbons (Fsp3) is 0.222. The predicted octanol–water partition coefficient (Wildman–Crippen LogP) is 4.07. The zero-order chi connectivity index (χ0) is 17.6. The highest BCUT2D eigenvalue weighted by molar-refractivity contribution is 5.99. The molecule has 0 aliphatic carbocycles. The molecule has 4 rings (SSSR count). The summed E-state index contributed by atoms with van der Waals surface area (Å²) in [4.78, 5) is 15.9. The van der Waals surface area contributed by atoms with Crippen LogP contribution in [0.5, 0.6) is 0 Å². The van der Waals surface area contributed by atoms with Crippen molar-refractivity contribution in [2.24, 2.45) is 0 Å². The highest BCUT2D eigenvalue weighted by Crippen LogP contribution is 2.35. The van der Waals surface area contributed by atoms with Crippen LogP contribution < -0.4 is 0 Å². The number of rotatable bonds is 4. The van der Waals surface area contributed by atoms with E-state index in [9.17, 15) is 10.1 Å². The molecule has 0 radical (unpaired) electrons. The molecule has 0 unspecified atom stereocenters. The number of hydrogen-bond acceptors (Lipinski definition) is 4. The second-order valence-electron chi connectivity index (χ2n) is 5.85. The number of aromatic nitrogens is 4. The van der Waals surface area contributed by atoms with Gasteiger partial charge in [-0.1, -0.05) is 25.1 Å². The first-order valence-electron chi connectivity index (χ1n) is 8.25. The molecule has 25 heavy (non-hydrogen) atoms. The quantitative estimate of drug-likeness (QED) is 0.449. The molecule has 0 bridgehead atoms. The van der Waals surface area contributed by atoms with E-state index in [1.165, 1.54) is 6.07 Å². The van der Waals surface area contributed by atoms with Gasteiger partial charge in [-0.15, -0.1) is 0 Å². The van der Waals surface area contributed by atoms with Gasteiger partial charge in [-0.05, 0) is 31.0 Å². The number of hydrogen-bond donors (Lipinski definition) is 1. The number of nitrogens with zero attached hydrogens (tertiary/aromatic N) is 4. The third kappa shape index (κ3) is 2.20. The summed E-state index contributed by atoms with van der Waals surface area (Å²) in [7, 11) is 0. The third-order valence-corrected chi connectivity index (χ3v) is 4.54. The summed E-state index contributed by atoms with van der Waals surface area (Å²) >= 11 is 0. The molecule has 2 aromatic carbocycles. The van der Waals surface area contributed by atoms with Crippen LogP contribution in [0, 0.1) is 10.1 Å². The van der Waals surface area contributed by atoms with Crippen LogP contribution in [0.2, 0.25) is 0 Å². The van der Waals surface area contributed by atoms with E-state index in [2.05, 4.69) is 27.8 Å². The number of benzene rings is 2. The lowest BCUT2D eigenvalue weighted by atomic mass is 10.1. The van der Waals surface area contributed by atoms with Crippen molar-refractivity contribution in [3.05, 3.63) is 52.1 Å². The molecule has 2 heterocycles. The van der Waals surface area contributed by atoms with E-state index < -0.39 is 0 Å². The van der Waals surface area contributed by atoms with Crippen molar-refractivity contribution in [1.82, 2.24) is 19.7 Å². The van der Waals surface area contributed by atoms with Crippen LogP contribution in [-0.2, 0) is 13.0 Å². The Kier molecular flexibility index (Phi) is 3.49. The second-order valence-corrected chi connectivity index (χ2v) is 5.85. The Morgan fingerprint density at radius 2 is 2.00 bits per heavy atom. The number of H-pyrrole nitrogens is 1. The average molecular weight is 335 g/mol. The number of nitro groups is 1. The third-order valence-electron chi connectivity index (χ3n) is 4.54. The van der Waals surface area contributed by atoms with Crippen LogP contribution in [0.1, 0.15) is 19.4 Å². The van der Waals surface area contributed by atoms with E-state index >= 15 is 0 Å². The summed E-state index contributed by atoms with van der Waals surface area (Å²) in [6.07, 6.45) is 0.874. The maximum atomic E-state index is 11.5. The maximum Gasteiger partial charge on any atom is 0.281 e. The number of non-ortho nitro benzene ring substituents is 1. The highest BCUT2D eigenvalue weighted by Gasteiger charge is 2.23. The Morgan fingerprint density at radius 1 is 1.20 bits per heavy atom. The van der Waals surface area contributed by atoms with Crippen LogP contribution in [0.3, 0.4) is 0 Å². The Bertz CT molecular complexity index is 1110. The van der Waals surface area contributed by atoms with Crippen LogP contribution in [-0.4, -0.2) is 24.7 Å². The number of imidazole rings is 1. The zero-order valence-electron chi connectivity index (χ0n) is 14.0. The van der Waals surface area contributed by atoms with Crippen LogP contribution >= 0.6 is 0 Å². The molecule has 0 spiro atoms. The topological polar surface area (TPSA) is 89.6 Å². The summed E-state index contributed by atoms with van der Waals surface area (Å²) in [5.41, 5.74) is 4.28. The minimum atomic E-state index is -0.377. The highest BCUT2D eigenvalue weighted by atomic mass is 16.6. The standard InChI is InChI=1S/C18H17N5O2/c1-3-11-7-5-10-14-16(11)19-18(22(14)4-2)17-15-12(20-21-17)8-6-9-13(15)23(24)25/h5-10H,3-4H2,1-2H3,(H,20,21). The summed E-state index contributed by atoms with van der Waals surface area (Å²) in [5.74, 6) is 0.652. The maximum absolute atomic E-state index is 11.5. The number of aromatic amines is 1. The molecule has 0 saturated heterocycles. The van der Waals surface area contributed by atoms with E-state index in [4.69, 9.17) is 4.98 Å². The molecular weight excluding hydrogens is 318 g/mol. The van der Waals surface area contributed by atoms with Crippen molar-refractivity contribution in [3.63, 3.8) is 0 Å². The minimum absolute atomic E-state index is 0.0340. The number of fused-ring (bicyclic) bond motifs is 2. The molecule has 0 amide bonds. The van der Waals surface area contributed by atoms with Gasteiger partial charge in [0.05, 0.1) is 21.5 Å². The molecule has 0 aliphatic rings. The van der Waals surface area contributed by atoms with Crippen LogP contribution in [0.25, 0.3) is 33.5 Å². The summed E-state index contributed by atoms with van der Waals surface area (Å²) in [6.45, 7) is 4.83. The molecule has 0 atom stereocenters. The number of para-hydroxylation sites is 1. The molecule has 0 saturated carbocycles. The molecular formula is C18H17N5O2. The van der Waals surface area contributed by atoms with E-state index in [1.54, 1.807) is 12.1 Å². The fourth-order valence-corrected chi connectivity index (χ4v) is 3.36. The van der Waals surface area contributed by atoms with Crippen molar-refractivity contribution in [1.29, 1.82) is 0 Å². The smallest absolute Gasteiger partial charge is 0.281 e. The first-order chi connectivity index (χ1) is 12.2.